The van der Waals surface area contributed by atoms with Gasteiger partial charge >= 0.3 is 0 Å². The van der Waals surface area contributed by atoms with Crippen LogP contribution in [0.2, 0.25) is 5.02 Å². The molecule has 126 valence electrons. The van der Waals surface area contributed by atoms with E-state index >= 15 is 0 Å². The summed E-state index contributed by atoms with van der Waals surface area (Å²) < 4.78 is 16.0. The maximum atomic E-state index is 6.37. The first-order valence-corrected chi connectivity index (χ1v) is 8.80. The molecule has 0 spiro atoms. The number of fused-ring (bicyclic) bond motifs is 2. The summed E-state index contributed by atoms with van der Waals surface area (Å²) >= 11 is 12.1. The van der Waals surface area contributed by atoms with Crippen molar-refractivity contribution in [1.82, 2.24) is 14.3 Å². The topological polar surface area (TPSA) is 41.2 Å². The van der Waals surface area contributed by atoms with Crippen molar-refractivity contribution < 1.29 is 9.47 Å². The minimum Gasteiger partial charge on any atom is -0.350 e. The Hall–Kier alpha value is -1.47. The number of allylic oxidation sites excluding steroid dienone is 1. The molecule has 1 aromatic heterocycles. The van der Waals surface area contributed by atoms with Gasteiger partial charge in [0.05, 0.1) is 17.7 Å². The normalized spacial score (nSPS) is 25.8. The van der Waals surface area contributed by atoms with Crippen molar-refractivity contribution in [3.05, 3.63) is 46.7 Å². The minimum absolute atomic E-state index is 0.00151. The molecule has 3 heterocycles. The maximum absolute atomic E-state index is 6.37. The molecule has 2 fully saturated rings. The highest BCUT2D eigenvalue weighted by Gasteiger charge is 2.40. The van der Waals surface area contributed by atoms with Crippen molar-refractivity contribution in [2.24, 2.45) is 0 Å². The number of hydrogen-bond acceptors (Lipinski definition) is 4. The molecule has 7 heteroatoms. The smallest absolute Gasteiger partial charge is 0.198 e. The first kappa shape index (κ1) is 16.0. The summed E-state index contributed by atoms with van der Waals surface area (Å²) in [6.07, 6.45) is 3.55. The molecule has 2 aliphatic rings. The Morgan fingerprint density at radius 3 is 3.00 bits per heavy atom. The second-order valence-electron chi connectivity index (χ2n) is 6.01. The van der Waals surface area contributed by atoms with Gasteiger partial charge in [-0.05, 0) is 30.8 Å². The Morgan fingerprint density at radius 1 is 1.38 bits per heavy atom. The lowest BCUT2D eigenvalue weighted by Crippen LogP contribution is -2.32. The average Bonchev–Trinajstić information content (AvgIpc) is 3.11. The van der Waals surface area contributed by atoms with Crippen LogP contribution in [0.4, 0.5) is 0 Å². The highest BCUT2D eigenvalue weighted by molar-refractivity contribution is 7.71. The predicted molar refractivity (Wildman–Crippen MR) is 94.6 cm³/mol. The van der Waals surface area contributed by atoms with E-state index in [0.717, 1.165) is 24.2 Å². The first-order valence-electron chi connectivity index (χ1n) is 8.01. The fraction of sp³-hybridized carbons (Fsp3) is 0.412. The summed E-state index contributed by atoms with van der Waals surface area (Å²) in [6.45, 7) is 5.00. The van der Waals surface area contributed by atoms with E-state index in [0.29, 0.717) is 22.9 Å². The second kappa shape index (κ2) is 6.44. The fourth-order valence-electron chi connectivity index (χ4n) is 3.37. The van der Waals surface area contributed by atoms with Crippen LogP contribution in [0.1, 0.15) is 18.9 Å². The van der Waals surface area contributed by atoms with Gasteiger partial charge in [0.1, 0.15) is 6.10 Å². The van der Waals surface area contributed by atoms with E-state index < -0.39 is 0 Å². The summed E-state index contributed by atoms with van der Waals surface area (Å²) in [6, 6.07) is 7.75. The third-order valence-electron chi connectivity index (χ3n) is 4.53. The lowest BCUT2D eigenvalue weighted by atomic mass is 10.0. The Kier molecular flexibility index (Phi) is 4.30. The molecule has 2 saturated heterocycles. The van der Waals surface area contributed by atoms with Crippen LogP contribution in [0, 0.1) is 4.77 Å². The van der Waals surface area contributed by atoms with Crippen molar-refractivity contribution in [3.63, 3.8) is 0 Å². The lowest BCUT2D eigenvalue weighted by molar-refractivity contribution is -0.0974. The van der Waals surface area contributed by atoms with Crippen molar-refractivity contribution in [2.75, 3.05) is 6.61 Å². The zero-order valence-electron chi connectivity index (χ0n) is 13.1. The maximum Gasteiger partial charge on any atom is 0.198 e. The van der Waals surface area contributed by atoms with Gasteiger partial charge in [-0.2, -0.15) is 5.10 Å². The Bertz CT molecular complexity index is 831. The number of benzene rings is 1. The Balaban J connectivity index is 1.82. The van der Waals surface area contributed by atoms with Crippen LogP contribution >= 0.6 is 23.8 Å². The zero-order chi connectivity index (χ0) is 16.7. The van der Waals surface area contributed by atoms with Gasteiger partial charge in [0.2, 0.25) is 0 Å². The minimum atomic E-state index is -0.0706. The number of ether oxygens (including phenoxy) is 2. The van der Waals surface area contributed by atoms with Gasteiger partial charge in [0, 0.05) is 18.5 Å². The molecule has 0 saturated carbocycles. The van der Waals surface area contributed by atoms with E-state index in [4.69, 9.17) is 38.4 Å². The van der Waals surface area contributed by atoms with E-state index in [9.17, 15) is 0 Å². The zero-order valence-corrected chi connectivity index (χ0v) is 14.7. The molecular formula is C17H18ClN3O2S. The summed E-state index contributed by atoms with van der Waals surface area (Å²) in [5, 5.41) is 5.46. The van der Waals surface area contributed by atoms with Gasteiger partial charge in [-0.3, -0.25) is 4.57 Å². The summed E-state index contributed by atoms with van der Waals surface area (Å²) in [4.78, 5) is 0. The monoisotopic (exact) mass is 363 g/mol. The molecular weight excluding hydrogens is 346 g/mol. The summed E-state index contributed by atoms with van der Waals surface area (Å²) in [5.74, 6) is 0.756. The van der Waals surface area contributed by atoms with Crippen LogP contribution in [0.15, 0.2) is 36.9 Å². The molecule has 2 aliphatic heterocycles. The van der Waals surface area contributed by atoms with E-state index in [-0.39, 0.29) is 18.4 Å². The summed E-state index contributed by atoms with van der Waals surface area (Å²) in [7, 11) is 0. The molecule has 3 atom stereocenters. The van der Waals surface area contributed by atoms with Crippen LogP contribution in [0.5, 0.6) is 0 Å². The van der Waals surface area contributed by atoms with Crippen LogP contribution in [-0.2, 0) is 16.0 Å². The molecule has 0 unspecified atom stereocenters. The molecule has 1 aromatic carbocycles. The number of halogens is 1. The van der Waals surface area contributed by atoms with Gasteiger partial charge in [-0.25, -0.2) is 4.68 Å². The van der Waals surface area contributed by atoms with Crippen LogP contribution in [0.25, 0.3) is 11.4 Å². The number of nitrogens with zero attached hydrogens (tertiary/aromatic N) is 3. The van der Waals surface area contributed by atoms with Gasteiger partial charge in [0.15, 0.2) is 16.9 Å². The molecule has 2 bridgehead atoms. The van der Waals surface area contributed by atoms with Gasteiger partial charge in [-0.15, -0.1) is 6.58 Å². The van der Waals surface area contributed by atoms with Crippen molar-refractivity contribution in [2.45, 2.75) is 37.8 Å². The third-order valence-corrected chi connectivity index (χ3v) is 5.26. The number of hydrogen-bond donors (Lipinski definition) is 0. The molecule has 24 heavy (non-hydrogen) atoms. The average molecular weight is 364 g/mol. The Labute approximate surface area is 150 Å². The SMILES string of the molecule is C=CCn1c(-c2ccccc2Cl)nn([C@H]2CC[C@H]3OC[C@@H]2O3)c1=S. The van der Waals surface area contributed by atoms with Crippen LogP contribution in [-0.4, -0.2) is 33.3 Å². The highest BCUT2D eigenvalue weighted by Crippen LogP contribution is 2.36. The van der Waals surface area contributed by atoms with Gasteiger partial charge in [0.25, 0.3) is 0 Å². The molecule has 2 aromatic rings. The third kappa shape index (κ3) is 2.63. The number of rotatable bonds is 4. The lowest BCUT2D eigenvalue weighted by Gasteiger charge is -2.27. The van der Waals surface area contributed by atoms with Crippen molar-refractivity contribution in [3.8, 4) is 11.4 Å². The highest BCUT2D eigenvalue weighted by atomic mass is 35.5. The van der Waals surface area contributed by atoms with E-state index in [1.54, 1.807) is 0 Å². The van der Waals surface area contributed by atoms with Gasteiger partial charge in [-0.1, -0.05) is 29.8 Å². The standard InChI is InChI=1S/C17H18ClN3O2S/c1-2-9-20-16(11-5-3-4-6-12(11)18)19-21(17(20)24)13-7-8-15-22-10-14(13)23-15/h2-6,13-15H,1,7-10H2/t13-,14-,15-/m0/s1. The first-order chi connectivity index (χ1) is 11.7. The van der Waals surface area contributed by atoms with Crippen molar-refractivity contribution >= 4 is 23.8 Å². The Morgan fingerprint density at radius 2 is 2.21 bits per heavy atom. The predicted octanol–water partition coefficient (Wildman–Crippen LogP) is 4.00. The van der Waals surface area contributed by atoms with Crippen LogP contribution < -0.4 is 0 Å². The summed E-state index contributed by atoms with van der Waals surface area (Å²) in [5.41, 5.74) is 0.864. The fourth-order valence-corrected chi connectivity index (χ4v) is 3.92. The quantitative estimate of drug-likeness (QED) is 0.608. The molecule has 0 N–H and O–H groups in total. The van der Waals surface area contributed by atoms with Crippen LogP contribution in [0.3, 0.4) is 0 Å². The largest absolute Gasteiger partial charge is 0.350 e. The molecule has 0 amide bonds. The molecule has 0 aliphatic carbocycles. The van der Waals surface area contributed by atoms with Crippen molar-refractivity contribution in [1.29, 1.82) is 0 Å². The van der Waals surface area contributed by atoms with Gasteiger partial charge < -0.3 is 9.47 Å². The molecule has 5 nitrogen and oxygen atoms in total. The number of aromatic nitrogens is 3. The van der Waals surface area contributed by atoms with E-state index in [1.165, 1.54) is 0 Å². The van der Waals surface area contributed by atoms with E-state index in [2.05, 4.69) is 6.58 Å². The van der Waals surface area contributed by atoms with E-state index in [1.807, 2.05) is 39.6 Å². The molecule has 0 radical (unpaired) electrons. The molecule has 4 rings (SSSR count). The second-order valence-corrected chi connectivity index (χ2v) is 6.78.